The number of rotatable bonds is 11. The van der Waals surface area contributed by atoms with E-state index in [1.165, 1.54) is 19.8 Å². The van der Waals surface area contributed by atoms with Crippen LogP contribution in [0.25, 0.3) is 0 Å². The van der Waals surface area contributed by atoms with Gasteiger partial charge in [-0.2, -0.15) is 0 Å². The van der Waals surface area contributed by atoms with Gasteiger partial charge in [0, 0.05) is 25.4 Å². The predicted octanol–water partition coefficient (Wildman–Crippen LogP) is 7.34. The lowest BCUT2D eigenvalue weighted by atomic mass is 9.49. The van der Waals surface area contributed by atoms with Gasteiger partial charge in [0.15, 0.2) is 5.78 Å². The SMILES string of the molecule is CCC(CC)(OCOC)C(=O)/C=C/[C@@H](C)[C@H]1CC[C@H]2C3=CC=C4C[C@@H](OC(=O)OC)C[C@H](OC(=O)OC)[C@]4(C)[C@H]3CC[C@]12C. The molecule has 4 aliphatic rings. The number of hydrogen-bond donors (Lipinski definition) is 0. The Labute approximate surface area is 262 Å². The fourth-order valence-corrected chi connectivity index (χ4v) is 9.09. The van der Waals surface area contributed by atoms with E-state index >= 15 is 0 Å². The van der Waals surface area contributed by atoms with Gasteiger partial charge in [-0.1, -0.05) is 64.0 Å². The van der Waals surface area contributed by atoms with Gasteiger partial charge in [0.25, 0.3) is 0 Å². The van der Waals surface area contributed by atoms with Crippen molar-refractivity contribution in [2.75, 3.05) is 28.1 Å². The van der Waals surface area contributed by atoms with Crippen LogP contribution < -0.4 is 0 Å². The largest absolute Gasteiger partial charge is 0.508 e. The fraction of sp³-hybridized carbons (Fsp3) is 0.743. The monoisotopic (exact) mass is 616 g/mol. The summed E-state index contributed by atoms with van der Waals surface area (Å²) in [5.74, 6) is 1.25. The second-order valence-electron chi connectivity index (χ2n) is 13.5. The zero-order valence-electron chi connectivity index (χ0n) is 27.8. The molecule has 3 saturated carbocycles. The van der Waals surface area contributed by atoms with Gasteiger partial charge in [-0.3, -0.25) is 4.79 Å². The van der Waals surface area contributed by atoms with Crippen molar-refractivity contribution in [3.8, 4) is 0 Å². The van der Waals surface area contributed by atoms with Crippen LogP contribution in [0.1, 0.15) is 86.0 Å². The highest BCUT2D eigenvalue weighted by Crippen LogP contribution is 2.66. The fourth-order valence-electron chi connectivity index (χ4n) is 9.09. The van der Waals surface area contributed by atoms with Crippen molar-refractivity contribution >= 4 is 18.1 Å². The van der Waals surface area contributed by atoms with E-state index in [0.29, 0.717) is 37.5 Å². The molecule has 8 atom stereocenters. The van der Waals surface area contributed by atoms with Crippen LogP contribution in [0.4, 0.5) is 9.59 Å². The molecule has 0 aliphatic heterocycles. The first-order valence-corrected chi connectivity index (χ1v) is 16.2. The van der Waals surface area contributed by atoms with Crippen LogP contribution in [-0.2, 0) is 33.2 Å². The Morgan fingerprint density at radius 2 is 1.66 bits per heavy atom. The van der Waals surface area contributed by atoms with Gasteiger partial charge in [-0.15, -0.1) is 0 Å². The molecule has 9 heteroatoms. The number of carbonyl (C=O) groups is 3. The van der Waals surface area contributed by atoms with E-state index in [0.717, 1.165) is 31.3 Å². The maximum atomic E-state index is 13.3. The molecule has 0 heterocycles. The zero-order valence-corrected chi connectivity index (χ0v) is 27.8. The molecule has 3 fully saturated rings. The van der Waals surface area contributed by atoms with E-state index in [-0.39, 0.29) is 29.8 Å². The summed E-state index contributed by atoms with van der Waals surface area (Å²) in [5.41, 5.74) is 1.34. The highest BCUT2D eigenvalue weighted by Gasteiger charge is 2.60. The molecule has 9 nitrogen and oxygen atoms in total. The van der Waals surface area contributed by atoms with E-state index < -0.39 is 35.5 Å². The van der Waals surface area contributed by atoms with Gasteiger partial charge < -0.3 is 28.4 Å². The van der Waals surface area contributed by atoms with Crippen LogP contribution in [0.3, 0.4) is 0 Å². The standard InChI is InChI=1S/C35H52O9/c1-9-35(10-2,42-21-39-6)29(36)16-11-22(3)26-14-15-27-25-13-12-23-19-24(43-31(37)40-7)20-30(44-32(38)41-8)34(23,5)28(25)17-18-33(26,27)4/h11-13,16,22,24,26-28,30H,9-10,14-15,17-21H2,1-8H3/b16-11+/t22-,24-,26-,27+,28+,30+,33-,34+/m1/s1. The average molecular weight is 617 g/mol. The van der Waals surface area contributed by atoms with Crippen LogP contribution in [0, 0.1) is 34.5 Å². The van der Waals surface area contributed by atoms with Gasteiger partial charge in [0.2, 0.25) is 0 Å². The van der Waals surface area contributed by atoms with Crippen LogP contribution in [0.15, 0.2) is 35.5 Å². The molecule has 0 aromatic rings. The summed E-state index contributed by atoms with van der Waals surface area (Å²) in [6.45, 7) is 10.9. The number of carbonyl (C=O) groups excluding carboxylic acids is 3. The highest BCUT2D eigenvalue weighted by atomic mass is 16.7. The summed E-state index contributed by atoms with van der Waals surface area (Å²) in [6.07, 6.45) is 12.2. The minimum Gasteiger partial charge on any atom is -0.438 e. The number of ketones is 1. The van der Waals surface area contributed by atoms with Gasteiger partial charge >= 0.3 is 12.3 Å². The molecule has 0 saturated heterocycles. The molecular formula is C35H52O9. The lowest BCUT2D eigenvalue weighted by molar-refractivity contribution is -0.160. The lowest BCUT2D eigenvalue weighted by Crippen LogP contribution is -2.54. The molecule has 0 radical (unpaired) electrons. The van der Waals surface area contributed by atoms with Crippen molar-refractivity contribution < 1.29 is 42.8 Å². The van der Waals surface area contributed by atoms with Gasteiger partial charge in [-0.05, 0) is 73.7 Å². The topological polar surface area (TPSA) is 107 Å². The van der Waals surface area contributed by atoms with Crippen molar-refractivity contribution in [2.45, 2.75) is 104 Å². The van der Waals surface area contributed by atoms with E-state index in [2.05, 4.69) is 39.0 Å². The van der Waals surface area contributed by atoms with E-state index in [1.54, 1.807) is 13.2 Å². The number of methoxy groups -OCH3 is 3. The number of hydrogen-bond acceptors (Lipinski definition) is 9. The molecule has 0 unspecified atom stereocenters. The summed E-state index contributed by atoms with van der Waals surface area (Å²) in [5, 5.41) is 0. The van der Waals surface area contributed by atoms with E-state index in [4.69, 9.17) is 28.4 Å². The van der Waals surface area contributed by atoms with E-state index in [9.17, 15) is 14.4 Å². The minimum atomic E-state index is -0.859. The molecule has 246 valence electrons. The smallest absolute Gasteiger partial charge is 0.438 e. The van der Waals surface area contributed by atoms with Crippen molar-refractivity contribution in [1.29, 1.82) is 0 Å². The quantitative estimate of drug-likeness (QED) is 0.134. The molecule has 0 aromatic carbocycles. The van der Waals surface area contributed by atoms with Crippen LogP contribution >= 0.6 is 0 Å². The molecule has 0 bridgehead atoms. The summed E-state index contributed by atoms with van der Waals surface area (Å²) < 4.78 is 32.1. The van der Waals surface area contributed by atoms with Gasteiger partial charge in [0.05, 0.1) is 14.2 Å². The number of fused-ring (bicyclic) bond motifs is 5. The Bertz CT molecular complexity index is 1170. The van der Waals surface area contributed by atoms with Crippen molar-refractivity contribution in [2.24, 2.45) is 34.5 Å². The Kier molecular flexibility index (Phi) is 10.7. The van der Waals surface area contributed by atoms with Gasteiger partial charge in [-0.25, -0.2) is 9.59 Å². The van der Waals surface area contributed by atoms with Crippen LogP contribution in [0.2, 0.25) is 0 Å². The van der Waals surface area contributed by atoms with Crippen LogP contribution in [-0.4, -0.2) is 64.0 Å². The maximum Gasteiger partial charge on any atom is 0.508 e. The molecule has 0 spiro atoms. The first-order valence-electron chi connectivity index (χ1n) is 16.2. The predicted molar refractivity (Wildman–Crippen MR) is 165 cm³/mol. The average Bonchev–Trinajstić information content (AvgIpc) is 3.38. The summed E-state index contributed by atoms with van der Waals surface area (Å²) in [6, 6.07) is 0. The Balaban J connectivity index is 1.58. The second kappa shape index (κ2) is 13.8. The van der Waals surface area contributed by atoms with Gasteiger partial charge in [0.1, 0.15) is 24.6 Å². The zero-order chi connectivity index (χ0) is 32.3. The molecule has 4 aliphatic carbocycles. The molecule has 0 N–H and O–H groups in total. The Morgan fingerprint density at radius 1 is 0.977 bits per heavy atom. The van der Waals surface area contributed by atoms with Crippen LogP contribution in [0.5, 0.6) is 0 Å². The first kappa shape index (κ1) is 34.2. The third kappa shape index (κ3) is 6.11. The summed E-state index contributed by atoms with van der Waals surface area (Å²) >= 11 is 0. The molecule has 4 rings (SSSR count). The number of allylic oxidation sites excluding steroid dienone is 4. The highest BCUT2D eigenvalue weighted by molar-refractivity contribution is 5.97. The molecule has 0 amide bonds. The minimum absolute atomic E-state index is 0.00109. The normalized spacial score (nSPS) is 33.7. The summed E-state index contributed by atoms with van der Waals surface area (Å²) in [7, 11) is 4.17. The third-order valence-electron chi connectivity index (χ3n) is 11.7. The van der Waals surface area contributed by atoms with Crippen molar-refractivity contribution in [3.63, 3.8) is 0 Å². The number of ether oxygens (including phenoxy) is 6. The van der Waals surface area contributed by atoms with E-state index in [1.807, 2.05) is 13.8 Å². The maximum absolute atomic E-state index is 13.3. The Hall–Kier alpha value is -2.65. The van der Waals surface area contributed by atoms with Crippen molar-refractivity contribution in [1.82, 2.24) is 0 Å². The molecule has 0 aromatic heterocycles. The molecular weight excluding hydrogens is 564 g/mol. The summed E-state index contributed by atoms with van der Waals surface area (Å²) in [4.78, 5) is 37.7. The van der Waals surface area contributed by atoms with Crippen molar-refractivity contribution in [3.05, 3.63) is 35.5 Å². The second-order valence-corrected chi connectivity index (χ2v) is 13.5. The molecule has 44 heavy (non-hydrogen) atoms. The third-order valence-corrected chi connectivity index (χ3v) is 11.7. The first-order chi connectivity index (χ1) is 20.9. The Morgan fingerprint density at radius 3 is 2.30 bits per heavy atom. The lowest BCUT2D eigenvalue weighted by Gasteiger charge is -2.57.